The fraction of sp³-hybridized carbons (Fsp3) is 0.588. The summed E-state index contributed by atoms with van der Waals surface area (Å²) in [5, 5.41) is 3.07. The van der Waals surface area contributed by atoms with Gasteiger partial charge < -0.3 is 10.2 Å². The Hall–Kier alpha value is -1.20. The topological polar surface area (TPSA) is 35.6 Å². The maximum atomic E-state index is 12.4. The third kappa shape index (κ3) is 3.41. The molecule has 2 aliphatic rings. The molecule has 1 aromatic carbocycles. The summed E-state index contributed by atoms with van der Waals surface area (Å²) in [6.45, 7) is 2.35. The fourth-order valence-corrected chi connectivity index (χ4v) is 3.93. The first-order valence-corrected chi connectivity index (χ1v) is 9.27. The number of fused-ring (bicyclic) bond motifs is 2. The molecule has 2 heterocycles. The van der Waals surface area contributed by atoms with Gasteiger partial charge in [0.05, 0.1) is 0 Å². The lowest BCUT2D eigenvalue weighted by atomic mass is 10.1. The number of hydrogen-bond acceptors (Lipinski definition) is 3. The highest BCUT2D eigenvalue weighted by molar-refractivity contribution is 7.98. The van der Waals surface area contributed by atoms with E-state index in [1.54, 1.807) is 11.8 Å². The maximum Gasteiger partial charge on any atom is 0.317 e. The summed E-state index contributed by atoms with van der Waals surface area (Å²) < 4.78 is 0. The van der Waals surface area contributed by atoms with Crippen LogP contribution in [0.1, 0.15) is 24.8 Å². The van der Waals surface area contributed by atoms with Gasteiger partial charge >= 0.3 is 6.03 Å². The van der Waals surface area contributed by atoms with Crippen LogP contribution in [0.2, 0.25) is 0 Å². The second kappa shape index (κ2) is 6.92. The second-order valence-electron chi connectivity index (χ2n) is 6.29. The van der Waals surface area contributed by atoms with Crippen LogP contribution in [0.4, 0.5) is 4.79 Å². The lowest BCUT2D eigenvalue weighted by molar-refractivity contribution is 0.188. The van der Waals surface area contributed by atoms with Gasteiger partial charge in [-0.3, -0.25) is 4.90 Å². The van der Waals surface area contributed by atoms with E-state index >= 15 is 0 Å². The van der Waals surface area contributed by atoms with Gasteiger partial charge in [0, 0.05) is 36.6 Å². The van der Waals surface area contributed by atoms with Gasteiger partial charge in [0.2, 0.25) is 0 Å². The van der Waals surface area contributed by atoms with Crippen LogP contribution >= 0.6 is 11.8 Å². The van der Waals surface area contributed by atoms with Gasteiger partial charge in [-0.2, -0.15) is 0 Å². The molecule has 0 aromatic heterocycles. The Morgan fingerprint density at radius 3 is 2.68 bits per heavy atom. The summed E-state index contributed by atoms with van der Waals surface area (Å²) in [5.74, 6) is 0. The van der Waals surface area contributed by atoms with Gasteiger partial charge in [-0.15, -0.1) is 11.8 Å². The van der Waals surface area contributed by atoms with Gasteiger partial charge in [-0.1, -0.05) is 12.1 Å². The molecule has 2 bridgehead atoms. The molecule has 0 unspecified atom stereocenters. The zero-order valence-electron chi connectivity index (χ0n) is 13.4. The number of benzene rings is 1. The molecule has 0 spiro atoms. The second-order valence-corrected chi connectivity index (χ2v) is 7.17. The molecule has 0 radical (unpaired) electrons. The monoisotopic (exact) mass is 319 g/mol. The number of carbonyl (C=O) groups excluding carboxylic acids is 1. The molecule has 3 rings (SSSR count). The maximum absolute atomic E-state index is 12.4. The van der Waals surface area contributed by atoms with Gasteiger partial charge in [-0.25, -0.2) is 4.79 Å². The average Bonchev–Trinajstić information content (AvgIpc) is 2.78. The van der Waals surface area contributed by atoms with Crippen LogP contribution in [-0.2, 0) is 6.54 Å². The minimum absolute atomic E-state index is 0.0786. The number of rotatable bonds is 3. The fourth-order valence-electron chi connectivity index (χ4n) is 3.53. The first-order chi connectivity index (χ1) is 10.7. The third-order valence-corrected chi connectivity index (χ3v) is 5.78. The van der Waals surface area contributed by atoms with Gasteiger partial charge in [-0.05, 0) is 50.3 Å². The normalized spacial score (nSPS) is 25.1. The van der Waals surface area contributed by atoms with Crippen LogP contribution in [0.25, 0.3) is 0 Å². The largest absolute Gasteiger partial charge is 0.334 e. The van der Waals surface area contributed by atoms with Gasteiger partial charge in [0.1, 0.15) is 0 Å². The number of nitrogens with zero attached hydrogens (tertiary/aromatic N) is 2. The van der Waals surface area contributed by atoms with Crippen molar-refractivity contribution in [3.63, 3.8) is 0 Å². The molecule has 2 saturated heterocycles. The summed E-state index contributed by atoms with van der Waals surface area (Å²) in [6.07, 6.45) is 5.68. The van der Waals surface area contributed by atoms with Crippen LogP contribution < -0.4 is 5.32 Å². The van der Waals surface area contributed by atoms with Crippen LogP contribution in [0.3, 0.4) is 0 Å². The molecular weight excluding hydrogens is 294 g/mol. The summed E-state index contributed by atoms with van der Waals surface area (Å²) >= 11 is 1.73. The van der Waals surface area contributed by atoms with Crippen LogP contribution in [-0.4, -0.2) is 54.3 Å². The standard InChI is InChI=1S/C17H25N3OS/c1-19-14-5-6-15(19)12-20(10-9-14)17(21)18-11-13-3-7-16(22-2)8-4-13/h3-4,7-8,14-15H,5-6,9-12H2,1-2H3,(H,18,21)/t14-,15+/m1/s1. The molecule has 2 atom stereocenters. The van der Waals surface area contributed by atoms with Gasteiger partial charge in [0.25, 0.3) is 0 Å². The minimum atomic E-state index is 0.0786. The number of likely N-dealkylation sites (N-methyl/N-ethyl adjacent to an activating group) is 1. The lowest BCUT2D eigenvalue weighted by Gasteiger charge is -2.26. The SMILES string of the molecule is CSc1ccc(CNC(=O)N2CC[C@H]3CC[C@@H](C2)N3C)cc1. The van der Waals surface area contributed by atoms with Crippen molar-refractivity contribution < 1.29 is 4.79 Å². The summed E-state index contributed by atoms with van der Waals surface area (Å²) in [6, 6.07) is 9.67. The summed E-state index contributed by atoms with van der Waals surface area (Å²) in [5.41, 5.74) is 1.15. The van der Waals surface area contributed by atoms with E-state index in [0.29, 0.717) is 18.6 Å². The molecule has 2 fully saturated rings. The van der Waals surface area contributed by atoms with Crippen molar-refractivity contribution in [3.05, 3.63) is 29.8 Å². The molecule has 2 aliphatic heterocycles. The van der Waals surface area contributed by atoms with Crippen molar-refractivity contribution in [3.8, 4) is 0 Å². The van der Waals surface area contributed by atoms with Crippen LogP contribution in [0, 0.1) is 0 Å². The molecular formula is C17H25N3OS. The van der Waals surface area contributed by atoms with Crippen molar-refractivity contribution in [2.75, 3.05) is 26.4 Å². The molecule has 2 amide bonds. The number of amides is 2. The molecule has 1 aromatic rings. The minimum Gasteiger partial charge on any atom is -0.334 e. The Bertz CT molecular complexity index is 519. The highest BCUT2D eigenvalue weighted by Gasteiger charge is 2.35. The van der Waals surface area contributed by atoms with E-state index in [2.05, 4.69) is 47.8 Å². The Kier molecular flexibility index (Phi) is 4.93. The zero-order valence-corrected chi connectivity index (χ0v) is 14.2. The summed E-state index contributed by atoms with van der Waals surface area (Å²) in [7, 11) is 2.21. The molecule has 0 aliphatic carbocycles. The number of nitrogens with one attached hydrogen (secondary N) is 1. The van der Waals surface area contributed by atoms with E-state index in [1.807, 2.05) is 4.90 Å². The smallest absolute Gasteiger partial charge is 0.317 e. The van der Waals surface area contributed by atoms with Crippen LogP contribution in [0.15, 0.2) is 29.2 Å². The summed E-state index contributed by atoms with van der Waals surface area (Å²) in [4.78, 5) is 18.1. The molecule has 0 saturated carbocycles. The number of hydrogen-bond donors (Lipinski definition) is 1. The molecule has 1 N–H and O–H groups in total. The molecule has 4 nitrogen and oxygen atoms in total. The van der Waals surface area contributed by atoms with E-state index in [1.165, 1.54) is 17.7 Å². The first-order valence-electron chi connectivity index (χ1n) is 8.05. The van der Waals surface area contributed by atoms with E-state index in [-0.39, 0.29) is 6.03 Å². The Labute approximate surface area is 137 Å². The zero-order chi connectivity index (χ0) is 15.5. The van der Waals surface area contributed by atoms with E-state index < -0.39 is 0 Å². The molecule has 120 valence electrons. The number of carbonyl (C=O) groups is 1. The highest BCUT2D eigenvalue weighted by atomic mass is 32.2. The lowest BCUT2D eigenvalue weighted by Crippen LogP contribution is -2.44. The molecule has 22 heavy (non-hydrogen) atoms. The van der Waals surface area contributed by atoms with Crippen molar-refractivity contribution in [1.82, 2.24) is 15.1 Å². The average molecular weight is 319 g/mol. The Morgan fingerprint density at radius 1 is 1.23 bits per heavy atom. The first kappa shape index (κ1) is 15.7. The van der Waals surface area contributed by atoms with Gasteiger partial charge in [0.15, 0.2) is 0 Å². The highest BCUT2D eigenvalue weighted by Crippen LogP contribution is 2.28. The Morgan fingerprint density at radius 2 is 1.95 bits per heavy atom. The van der Waals surface area contributed by atoms with E-state index in [9.17, 15) is 4.79 Å². The van der Waals surface area contributed by atoms with E-state index in [0.717, 1.165) is 25.1 Å². The predicted octanol–water partition coefficient (Wildman–Crippen LogP) is 2.79. The third-order valence-electron chi connectivity index (χ3n) is 5.04. The van der Waals surface area contributed by atoms with Crippen molar-refractivity contribution in [2.24, 2.45) is 0 Å². The van der Waals surface area contributed by atoms with Crippen molar-refractivity contribution in [2.45, 2.75) is 42.8 Å². The Balaban J connectivity index is 1.53. The number of thioether (sulfide) groups is 1. The van der Waals surface area contributed by atoms with Crippen molar-refractivity contribution >= 4 is 17.8 Å². The number of urea groups is 1. The van der Waals surface area contributed by atoms with Crippen LogP contribution in [0.5, 0.6) is 0 Å². The van der Waals surface area contributed by atoms with E-state index in [4.69, 9.17) is 0 Å². The van der Waals surface area contributed by atoms with Crippen molar-refractivity contribution in [1.29, 1.82) is 0 Å². The predicted molar refractivity (Wildman–Crippen MR) is 91.2 cm³/mol. The number of likely N-dealkylation sites (tertiary alicyclic amines) is 1. The molecule has 5 heteroatoms. The quantitative estimate of drug-likeness (QED) is 0.870.